The van der Waals surface area contributed by atoms with E-state index in [-0.39, 0.29) is 0 Å². The van der Waals surface area contributed by atoms with Crippen LogP contribution in [0.25, 0.3) is 0 Å². The van der Waals surface area contributed by atoms with Crippen molar-refractivity contribution in [1.82, 2.24) is 4.98 Å². The Balaban J connectivity index is 0.00000136. The molecule has 0 bridgehead atoms. The lowest BCUT2D eigenvalue weighted by atomic mass is 9.93. The van der Waals surface area contributed by atoms with E-state index in [1.54, 1.807) is 12.1 Å². The summed E-state index contributed by atoms with van der Waals surface area (Å²) in [7, 11) is 0. The van der Waals surface area contributed by atoms with E-state index in [2.05, 4.69) is 15.2 Å². The number of aromatic carboxylic acids is 1. The molecule has 2 aromatic rings. The second-order valence-corrected chi connectivity index (χ2v) is 6.94. The van der Waals surface area contributed by atoms with E-state index >= 15 is 0 Å². The first-order chi connectivity index (χ1) is 13.5. The molecule has 0 amide bonds. The largest absolute Gasteiger partial charge is 0.478 e. The van der Waals surface area contributed by atoms with Gasteiger partial charge in [0.25, 0.3) is 0 Å². The van der Waals surface area contributed by atoms with Crippen LogP contribution >= 0.6 is 0 Å². The van der Waals surface area contributed by atoms with Gasteiger partial charge in [0, 0.05) is 19.6 Å². The normalized spacial score (nSPS) is 16.1. The first-order valence-corrected chi connectivity index (χ1v) is 10.1. The average Bonchev–Trinajstić information content (AvgIpc) is 2.69. The molecule has 0 spiro atoms. The zero-order valence-corrected chi connectivity index (χ0v) is 17.1. The maximum absolute atomic E-state index is 11.6. The maximum atomic E-state index is 11.6. The number of hydrogen-bond acceptors (Lipinski definition) is 5. The predicted octanol–water partition coefficient (Wildman–Crippen LogP) is 4.42. The molecule has 1 unspecified atom stereocenters. The van der Waals surface area contributed by atoms with Crippen molar-refractivity contribution in [3.05, 3.63) is 47.5 Å². The Morgan fingerprint density at radius 3 is 2.82 bits per heavy atom. The first kappa shape index (κ1) is 21.5. The van der Waals surface area contributed by atoms with Gasteiger partial charge in [0.05, 0.1) is 11.3 Å². The summed E-state index contributed by atoms with van der Waals surface area (Å²) in [5.74, 6) is 0.972. The summed E-state index contributed by atoms with van der Waals surface area (Å²) in [6, 6.07) is 11.1. The van der Waals surface area contributed by atoms with Crippen LogP contribution in [0.5, 0.6) is 0 Å². The molecule has 1 aliphatic rings. The van der Waals surface area contributed by atoms with Gasteiger partial charge in [-0.25, -0.2) is 9.78 Å². The van der Waals surface area contributed by atoms with Gasteiger partial charge in [-0.05, 0) is 61.9 Å². The standard InChI is InChI=1S/C20H26N4O2.C2H6/c1-14-7-8-16(20(25)26)17(12-14)24-11-3-4-15(13-24)9-10-22-19-6-2-5-18(21)23-19;1-2/h2,5-8,12,15H,3-4,9-11,13H2,1H3,(H,25,26)(H3,21,22,23);1-2H3. The third-order valence-corrected chi connectivity index (χ3v) is 4.87. The summed E-state index contributed by atoms with van der Waals surface area (Å²) < 4.78 is 0. The number of nitrogen functional groups attached to an aromatic ring is 1. The zero-order chi connectivity index (χ0) is 20.5. The fraction of sp³-hybridized carbons (Fsp3) is 0.455. The van der Waals surface area contributed by atoms with E-state index in [0.29, 0.717) is 17.3 Å². The monoisotopic (exact) mass is 384 g/mol. The Morgan fingerprint density at radius 2 is 2.11 bits per heavy atom. The number of nitrogens with zero attached hydrogens (tertiary/aromatic N) is 2. The highest BCUT2D eigenvalue weighted by Crippen LogP contribution is 2.29. The van der Waals surface area contributed by atoms with Crippen LogP contribution in [-0.2, 0) is 0 Å². The minimum absolute atomic E-state index is 0.387. The van der Waals surface area contributed by atoms with Gasteiger partial charge >= 0.3 is 5.97 Å². The number of carboxylic acid groups (broad SMARTS) is 1. The van der Waals surface area contributed by atoms with Gasteiger partial charge in [0.15, 0.2) is 0 Å². The first-order valence-electron chi connectivity index (χ1n) is 10.1. The van der Waals surface area contributed by atoms with Gasteiger partial charge in [-0.2, -0.15) is 0 Å². The van der Waals surface area contributed by atoms with Crippen molar-refractivity contribution in [3.8, 4) is 0 Å². The second kappa shape index (κ2) is 10.5. The van der Waals surface area contributed by atoms with Crippen molar-refractivity contribution in [2.45, 2.75) is 40.0 Å². The molecule has 1 fully saturated rings. The van der Waals surface area contributed by atoms with Crippen molar-refractivity contribution in [2.75, 3.05) is 35.6 Å². The van der Waals surface area contributed by atoms with Crippen LogP contribution in [0.15, 0.2) is 36.4 Å². The Kier molecular flexibility index (Phi) is 8.11. The fourth-order valence-electron chi connectivity index (χ4n) is 3.56. The number of piperidine rings is 1. The van der Waals surface area contributed by atoms with Gasteiger partial charge in [0.1, 0.15) is 11.6 Å². The van der Waals surface area contributed by atoms with Crippen LogP contribution in [0.2, 0.25) is 0 Å². The van der Waals surface area contributed by atoms with E-state index in [4.69, 9.17) is 5.73 Å². The molecule has 1 saturated heterocycles. The smallest absolute Gasteiger partial charge is 0.337 e. The predicted molar refractivity (Wildman–Crippen MR) is 116 cm³/mol. The lowest BCUT2D eigenvalue weighted by molar-refractivity contribution is 0.0697. The molecule has 28 heavy (non-hydrogen) atoms. The summed E-state index contributed by atoms with van der Waals surface area (Å²) in [4.78, 5) is 18.0. The van der Waals surface area contributed by atoms with Crippen LogP contribution in [0.1, 0.15) is 49.0 Å². The number of aromatic nitrogens is 1. The highest BCUT2D eigenvalue weighted by molar-refractivity contribution is 5.94. The Morgan fingerprint density at radius 1 is 1.32 bits per heavy atom. The fourth-order valence-corrected chi connectivity index (χ4v) is 3.56. The summed E-state index contributed by atoms with van der Waals surface area (Å²) in [5, 5.41) is 12.8. The summed E-state index contributed by atoms with van der Waals surface area (Å²) in [6.45, 7) is 8.62. The number of anilines is 3. The van der Waals surface area contributed by atoms with Gasteiger partial charge in [0.2, 0.25) is 0 Å². The molecular formula is C22H32N4O2. The lowest BCUT2D eigenvalue weighted by Gasteiger charge is -2.35. The van der Waals surface area contributed by atoms with Crippen molar-refractivity contribution in [2.24, 2.45) is 5.92 Å². The average molecular weight is 385 g/mol. The molecule has 4 N–H and O–H groups in total. The van der Waals surface area contributed by atoms with Crippen molar-refractivity contribution < 1.29 is 9.90 Å². The Hall–Kier alpha value is -2.76. The number of carbonyl (C=O) groups is 1. The van der Waals surface area contributed by atoms with E-state index in [1.807, 2.05) is 45.0 Å². The number of nitrogens with one attached hydrogen (secondary N) is 1. The summed E-state index contributed by atoms with van der Waals surface area (Å²) >= 11 is 0. The van der Waals surface area contributed by atoms with Crippen LogP contribution < -0.4 is 16.0 Å². The molecule has 6 heteroatoms. The third-order valence-electron chi connectivity index (χ3n) is 4.87. The molecule has 2 heterocycles. The quantitative estimate of drug-likeness (QED) is 0.683. The third kappa shape index (κ3) is 5.87. The molecule has 0 saturated carbocycles. The number of hydrogen-bond donors (Lipinski definition) is 3. The summed E-state index contributed by atoms with van der Waals surface area (Å²) in [6.07, 6.45) is 3.26. The summed E-state index contributed by atoms with van der Waals surface area (Å²) in [5.41, 5.74) is 8.01. The Labute approximate surface area is 167 Å². The highest BCUT2D eigenvalue weighted by Gasteiger charge is 2.23. The molecule has 1 atom stereocenters. The van der Waals surface area contributed by atoms with Crippen LogP contribution in [0.3, 0.4) is 0 Å². The molecule has 0 aliphatic carbocycles. The van der Waals surface area contributed by atoms with Gasteiger partial charge in [-0.3, -0.25) is 0 Å². The minimum Gasteiger partial charge on any atom is -0.478 e. The van der Waals surface area contributed by atoms with E-state index < -0.39 is 5.97 Å². The number of pyridine rings is 1. The molecule has 3 rings (SSSR count). The minimum atomic E-state index is -0.864. The van der Waals surface area contributed by atoms with Gasteiger partial charge < -0.3 is 21.1 Å². The topological polar surface area (TPSA) is 91.5 Å². The van der Waals surface area contributed by atoms with Crippen molar-refractivity contribution >= 4 is 23.3 Å². The van der Waals surface area contributed by atoms with Crippen LogP contribution in [0.4, 0.5) is 17.3 Å². The molecular weight excluding hydrogens is 352 g/mol. The van der Waals surface area contributed by atoms with Crippen LogP contribution in [0, 0.1) is 12.8 Å². The number of carboxylic acids is 1. The SMILES string of the molecule is CC.Cc1ccc(C(=O)O)c(N2CCCC(CCNc3cccc(N)n3)C2)c1. The van der Waals surface area contributed by atoms with Crippen molar-refractivity contribution in [1.29, 1.82) is 0 Å². The van der Waals surface area contributed by atoms with E-state index in [9.17, 15) is 9.90 Å². The number of benzene rings is 1. The van der Waals surface area contributed by atoms with Gasteiger partial charge in [-0.15, -0.1) is 0 Å². The van der Waals surface area contributed by atoms with Crippen LogP contribution in [-0.4, -0.2) is 35.7 Å². The molecule has 1 aromatic heterocycles. The number of aryl methyl sites for hydroxylation is 1. The van der Waals surface area contributed by atoms with E-state index in [1.165, 1.54) is 0 Å². The van der Waals surface area contributed by atoms with Crippen molar-refractivity contribution in [3.63, 3.8) is 0 Å². The molecule has 1 aliphatic heterocycles. The molecule has 152 valence electrons. The number of nitrogens with two attached hydrogens (primary N) is 1. The van der Waals surface area contributed by atoms with E-state index in [0.717, 1.165) is 56.0 Å². The Bertz CT molecular complexity index is 779. The molecule has 1 aromatic carbocycles. The maximum Gasteiger partial charge on any atom is 0.337 e. The van der Waals surface area contributed by atoms with Gasteiger partial charge in [-0.1, -0.05) is 26.0 Å². The highest BCUT2D eigenvalue weighted by atomic mass is 16.4. The lowest BCUT2D eigenvalue weighted by Crippen LogP contribution is -2.37. The molecule has 6 nitrogen and oxygen atoms in total. The molecule has 0 radical (unpaired) electrons. The number of rotatable bonds is 6. The second-order valence-electron chi connectivity index (χ2n) is 6.94. The zero-order valence-electron chi connectivity index (χ0n) is 17.1.